The minimum Gasteiger partial charge on any atom is -0.485 e. The van der Waals surface area contributed by atoms with Gasteiger partial charge in [0.25, 0.3) is 0 Å². The van der Waals surface area contributed by atoms with Gasteiger partial charge in [-0.1, -0.05) is 6.07 Å². The third-order valence-corrected chi connectivity index (χ3v) is 5.06. The van der Waals surface area contributed by atoms with Gasteiger partial charge < -0.3 is 19.5 Å². The average molecular weight is 504 g/mol. The molecule has 1 amide bonds. The molecule has 1 N–H and O–H groups in total. The number of imidazole rings is 1. The molecule has 0 saturated heterocycles. The summed E-state index contributed by atoms with van der Waals surface area (Å²) in [6.45, 7) is 10.0. The van der Waals surface area contributed by atoms with Gasteiger partial charge in [-0.2, -0.15) is 0 Å². The Balaban J connectivity index is 1.70. The molecule has 194 valence electrons. The van der Waals surface area contributed by atoms with Gasteiger partial charge in [0.1, 0.15) is 36.1 Å². The number of rotatable bonds is 9. The number of pyridine rings is 1. The SMILES string of the molecule is Cc1cc(OCc2c(F)cccc2F)c2nc(C)c(C(=O)COCC(C)NC(=O)OC(C)(C)C)n2c1. The highest BCUT2D eigenvalue weighted by Crippen LogP contribution is 2.26. The normalized spacial score (nSPS) is 12.4. The molecule has 10 heteroatoms. The zero-order valence-corrected chi connectivity index (χ0v) is 21.3. The van der Waals surface area contributed by atoms with Gasteiger partial charge in [-0.3, -0.25) is 9.20 Å². The molecule has 2 heterocycles. The summed E-state index contributed by atoms with van der Waals surface area (Å²) < 4.78 is 46.1. The molecule has 0 aliphatic carbocycles. The number of carbonyl (C=O) groups excluding carboxylic acids is 2. The number of aryl methyl sites for hydroxylation is 2. The maximum atomic E-state index is 14.0. The van der Waals surface area contributed by atoms with Crippen molar-refractivity contribution >= 4 is 17.5 Å². The largest absolute Gasteiger partial charge is 0.485 e. The Morgan fingerprint density at radius 3 is 2.47 bits per heavy atom. The van der Waals surface area contributed by atoms with Crippen LogP contribution in [0.2, 0.25) is 0 Å². The van der Waals surface area contributed by atoms with Gasteiger partial charge in [0, 0.05) is 6.20 Å². The topological polar surface area (TPSA) is 91.2 Å². The molecule has 8 nitrogen and oxygen atoms in total. The molecule has 0 radical (unpaired) electrons. The first-order valence-corrected chi connectivity index (χ1v) is 11.5. The van der Waals surface area contributed by atoms with E-state index in [9.17, 15) is 18.4 Å². The van der Waals surface area contributed by atoms with E-state index in [1.165, 1.54) is 6.07 Å². The van der Waals surface area contributed by atoms with E-state index in [-0.39, 0.29) is 43.0 Å². The van der Waals surface area contributed by atoms with E-state index in [0.717, 1.165) is 17.7 Å². The number of ketones is 1. The smallest absolute Gasteiger partial charge is 0.407 e. The number of fused-ring (bicyclic) bond motifs is 1. The lowest BCUT2D eigenvalue weighted by Gasteiger charge is -2.21. The summed E-state index contributed by atoms with van der Waals surface area (Å²) in [6, 6.07) is 4.92. The summed E-state index contributed by atoms with van der Waals surface area (Å²) in [5, 5.41) is 2.65. The Bertz CT molecular complexity index is 1250. The van der Waals surface area contributed by atoms with Crippen molar-refractivity contribution in [3.63, 3.8) is 0 Å². The lowest BCUT2D eigenvalue weighted by molar-refractivity contribution is 0.0451. The second kappa shape index (κ2) is 11.0. The molecule has 1 atom stereocenters. The second-order valence-electron chi connectivity index (χ2n) is 9.60. The van der Waals surface area contributed by atoms with Gasteiger partial charge in [0.15, 0.2) is 11.4 Å². The molecule has 2 aromatic heterocycles. The monoisotopic (exact) mass is 503 g/mol. The number of Topliss-reactive ketones (excluding diaryl/α,β-unsaturated/α-hetero) is 1. The first-order chi connectivity index (χ1) is 16.9. The minimum absolute atomic E-state index is 0.0996. The number of hydrogen-bond acceptors (Lipinski definition) is 6. The van der Waals surface area contributed by atoms with E-state index in [2.05, 4.69) is 10.3 Å². The summed E-state index contributed by atoms with van der Waals surface area (Å²) >= 11 is 0. The lowest BCUT2D eigenvalue weighted by Crippen LogP contribution is -2.40. The number of alkyl carbamates (subject to hydrolysis) is 1. The van der Waals surface area contributed by atoms with Crippen LogP contribution in [-0.4, -0.2) is 46.1 Å². The van der Waals surface area contributed by atoms with Crippen LogP contribution in [-0.2, 0) is 16.1 Å². The molecule has 36 heavy (non-hydrogen) atoms. The third-order valence-electron chi connectivity index (χ3n) is 5.06. The van der Waals surface area contributed by atoms with Crippen molar-refractivity contribution in [2.45, 2.75) is 59.8 Å². The molecule has 0 bridgehead atoms. The first-order valence-electron chi connectivity index (χ1n) is 11.5. The Morgan fingerprint density at radius 2 is 1.83 bits per heavy atom. The van der Waals surface area contributed by atoms with E-state index in [0.29, 0.717) is 17.0 Å². The number of aromatic nitrogens is 2. The number of benzene rings is 1. The van der Waals surface area contributed by atoms with Crippen molar-refractivity contribution in [2.75, 3.05) is 13.2 Å². The molecular weight excluding hydrogens is 472 g/mol. The van der Waals surface area contributed by atoms with Crippen molar-refractivity contribution in [1.82, 2.24) is 14.7 Å². The number of carbonyl (C=O) groups is 2. The summed E-state index contributed by atoms with van der Waals surface area (Å²) in [4.78, 5) is 29.3. The molecule has 0 spiro atoms. The summed E-state index contributed by atoms with van der Waals surface area (Å²) in [7, 11) is 0. The predicted octanol–water partition coefficient (Wildman–Crippen LogP) is 4.92. The highest BCUT2D eigenvalue weighted by molar-refractivity contribution is 5.97. The van der Waals surface area contributed by atoms with Gasteiger partial charge in [-0.05, 0) is 65.3 Å². The van der Waals surface area contributed by atoms with Crippen LogP contribution in [0.1, 0.15) is 55.0 Å². The van der Waals surface area contributed by atoms with E-state index >= 15 is 0 Å². The van der Waals surface area contributed by atoms with Crippen molar-refractivity contribution in [1.29, 1.82) is 0 Å². The van der Waals surface area contributed by atoms with E-state index in [1.54, 1.807) is 58.2 Å². The van der Waals surface area contributed by atoms with Gasteiger partial charge in [-0.15, -0.1) is 0 Å². The van der Waals surface area contributed by atoms with Crippen LogP contribution in [0.3, 0.4) is 0 Å². The fourth-order valence-corrected chi connectivity index (χ4v) is 3.57. The maximum absolute atomic E-state index is 14.0. The molecule has 0 saturated carbocycles. The molecule has 3 aromatic rings. The zero-order chi connectivity index (χ0) is 26.6. The van der Waals surface area contributed by atoms with Crippen LogP contribution < -0.4 is 10.1 Å². The number of nitrogens with zero attached hydrogens (tertiary/aromatic N) is 2. The van der Waals surface area contributed by atoms with E-state index in [1.807, 2.05) is 0 Å². The summed E-state index contributed by atoms with van der Waals surface area (Å²) in [5.41, 5.74) is 1.05. The Kier molecular flexibility index (Phi) is 8.29. The van der Waals surface area contributed by atoms with Gasteiger partial charge in [0.05, 0.1) is 23.9 Å². The van der Waals surface area contributed by atoms with Gasteiger partial charge in [0.2, 0.25) is 5.78 Å². The molecule has 0 aliphatic rings. The van der Waals surface area contributed by atoms with Crippen LogP contribution in [0.5, 0.6) is 5.75 Å². The van der Waals surface area contributed by atoms with Crippen LogP contribution in [0.15, 0.2) is 30.5 Å². The summed E-state index contributed by atoms with van der Waals surface area (Å²) in [6.07, 6.45) is 1.16. The van der Waals surface area contributed by atoms with Gasteiger partial charge >= 0.3 is 6.09 Å². The van der Waals surface area contributed by atoms with Crippen molar-refractivity contribution < 1.29 is 32.6 Å². The molecule has 3 rings (SSSR count). The molecule has 0 fully saturated rings. The summed E-state index contributed by atoms with van der Waals surface area (Å²) in [5.74, 6) is -1.44. The maximum Gasteiger partial charge on any atom is 0.407 e. The van der Waals surface area contributed by atoms with E-state index < -0.39 is 23.3 Å². The van der Waals surface area contributed by atoms with Crippen molar-refractivity contribution in [3.8, 4) is 5.75 Å². The van der Waals surface area contributed by atoms with Crippen LogP contribution in [0.25, 0.3) is 5.65 Å². The molecular formula is C26H31F2N3O5. The Morgan fingerprint density at radius 1 is 1.17 bits per heavy atom. The van der Waals surface area contributed by atoms with Crippen molar-refractivity contribution in [2.24, 2.45) is 0 Å². The Hall–Kier alpha value is -3.53. The molecule has 1 unspecified atom stereocenters. The minimum atomic E-state index is -0.707. The van der Waals surface area contributed by atoms with Crippen LogP contribution >= 0.6 is 0 Å². The molecule has 1 aromatic carbocycles. The van der Waals surface area contributed by atoms with Crippen LogP contribution in [0, 0.1) is 25.5 Å². The fraction of sp³-hybridized carbons (Fsp3) is 0.423. The standard InChI is InChI=1S/C26H31F2N3O5/c1-15-10-22(35-13-18-19(27)8-7-9-20(18)28)24-30-17(3)23(31(24)11-15)21(32)14-34-12-16(2)29-25(33)36-26(4,5)6/h7-11,16H,12-14H2,1-6H3,(H,29,33). The second-order valence-corrected chi connectivity index (χ2v) is 9.60. The zero-order valence-electron chi connectivity index (χ0n) is 21.3. The highest BCUT2D eigenvalue weighted by atomic mass is 19.1. The fourth-order valence-electron chi connectivity index (χ4n) is 3.57. The third kappa shape index (κ3) is 6.78. The average Bonchev–Trinajstić information content (AvgIpc) is 3.07. The first kappa shape index (κ1) is 27.1. The number of amides is 1. The lowest BCUT2D eigenvalue weighted by atomic mass is 10.2. The quantitative estimate of drug-likeness (QED) is 0.417. The predicted molar refractivity (Wildman–Crippen MR) is 129 cm³/mol. The van der Waals surface area contributed by atoms with Gasteiger partial charge in [-0.25, -0.2) is 18.6 Å². The number of halogens is 2. The Labute approximate surface area is 208 Å². The van der Waals surface area contributed by atoms with E-state index in [4.69, 9.17) is 14.2 Å². The molecule has 0 aliphatic heterocycles. The number of hydrogen-bond donors (Lipinski definition) is 1. The van der Waals surface area contributed by atoms with Crippen molar-refractivity contribution in [3.05, 3.63) is 64.6 Å². The number of nitrogens with one attached hydrogen (secondary N) is 1. The number of ether oxygens (including phenoxy) is 3. The van der Waals surface area contributed by atoms with Crippen LogP contribution in [0.4, 0.5) is 13.6 Å². The highest BCUT2D eigenvalue weighted by Gasteiger charge is 2.21.